The van der Waals surface area contributed by atoms with Gasteiger partial charge in [-0.1, -0.05) is 12.1 Å². The fraction of sp³-hybridized carbons (Fsp3) is 0.500. The number of hydrogen-bond donors (Lipinski definition) is 1. The standard InChI is InChI=1S/C14H21NO3/c1-11(2)15(7-8-18-3)10-12-5-4-6-13(9-12)14(16)17/h4-6,9,11H,7-8,10H2,1-3H3,(H,16,17). The molecule has 1 aromatic rings. The van der Waals surface area contributed by atoms with E-state index in [2.05, 4.69) is 18.7 Å². The lowest BCUT2D eigenvalue weighted by atomic mass is 10.1. The van der Waals surface area contributed by atoms with E-state index in [-0.39, 0.29) is 0 Å². The Balaban J connectivity index is 2.73. The van der Waals surface area contributed by atoms with Gasteiger partial charge in [0, 0.05) is 26.2 Å². The third-order valence-electron chi connectivity index (χ3n) is 2.87. The molecule has 0 spiro atoms. The van der Waals surface area contributed by atoms with E-state index in [1.807, 2.05) is 6.07 Å². The van der Waals surface area contributed by atoms with E-state index in [1.54, 1.807) is 25.3 Å². The first kappa shape index (κ1) is 14.7. The first-order valence-electron chi connectivity index (χ1n) is 6.09. The summed E-state index contributed by atoms with van der Waals surface area (Å²) in [7, 11) is 1.68. The molecule has 0 aliphatic carbocycles. The summed E-state index contributed by atoms with van der Waals surface area (Å²) >= 11 is 0. The van der Waals surface area contributed by atoms with Crippen molar-refractivity contribution < 1.29 is 14.6 Å². The second-order valence-electron chi connectivity index (χ2n) is 4.56. The van der Waals surface area contributed by atoms with E-state index < -0.39 is 5.97 Å². The number of carbonyl (C=O) groups is 1. The quantitative estimate of drug-likeness (QED) is 0.807. The molecule has 0 heterocycles. The minimum Gasteiger partial charge on any atom is -0.478 e. The molecular weight excluding hydrogens is 230 g/mol. The second-order valence-corrected chi connectivity index (χ2v) is 4.56. The van der Waals surface area contributed by atoms with Crippen molar-refractivity contribution in [1.82, 2.24) is 4.90 Å². The molecule has 0 amide bonds. The number of methoxy groups -OCH3 is 1. The molecule has 1 N–H and O–H groups in total. The molecule has 0 saturated carbocycles. The lowest BCUT2D eigenvalue weighted by Crippen LogP contribution is -2.33. The van der Waals surface area contributed by atoms with Crippen LogP contribution in [0.2, 0.25) is 0 Å². The van der Waals surface area contributed by atoms with Crippen molar-refractivity contribution >= 4 is 5.97 Å². The molecule has 0 atom stereocenters. The number of carboxylic acid groups (broad SMARTS) is 1. The summed E-state index contributed by atoms with van der Waals surface area (Å²) in [6.07, 6.45) is 0. The Kier molecular flexibility index (Phi) is 5.82. The van der Waals surface area contributed by atoms with E-state index in [4.69, 9.17) is 9.84 Å². The van der Waals surface area contributed by atoms with Gasteiger partial charge in [0.15, 0.2) is 0 Å². The van der Waals surface area contributed by atoms with Crippen LogP contribution >= 0.6 is 0 Å². The Bertz CT molecular complexity index is 390. The summed E-state index contributed by atoms with van der Waals surface area (Å²) in [6.45, 7) is 6.50. The van der Waals surface area contributed by atoms with Crippen LogP contribution in [0.5, 0.6) is 0 Å². The van der Waals surface area contributed by atoms with Crippen LogP contribution in [0, 0.1) is 0 Å². The van der Waals surface area contributed by atoms with E-state index >= 15 is 0 Å². The summed E-state index contributed by atoms with van der Waals surface area (Å²) in [5, 5.41) is 8.96. The Morgan fingerprint density at radius 1 is 1.44 bits per heavy atom. The number of benzene rings is 1. The fourth-order valence-electron chi connectivity index (χ4n) is 1.77. The topological polar surface area (TPSA) is 49.8 Å². The Morgan fingerprint density at radius 3 is 2.72 bits per heavy atom. The molecule has 1 rings (SSSR count). The molecule has 0 saturated heterocycles. The summed E-state index contributed by atoms with van der Waals surface area (Å²) in [5.41, 5.74) is 1.35. The smallest absolute Gasteiger partial charge is 0.335 e. The van der Waals surface area contributed by atoms with Crippen LogP contribution in [0.15, 0.2) is 24.3 Å². The lowest BCUT2D eigenvalue weighted by molar-refractivity contribution is 0.0696. The molecule has 1 aromatic carbocycles. The van der Waals surface area contributed by atoms with E-state index in [0.717, 1.165) is 18.7 Å². The number of rotatable bonds is 7. The highest BCUT2D eigenvalue weighted by atomic mass is 16.5. The molecular formula is C14H21NO3. The van der Waals surface area contributed by atoms with Gasteiger partial charge in [-0.2, -0.15) is 0 Å². The summed E-state index contributed by atoms with van der Waals surface area (Å²) < 4.78 is 5.09. The van der Waals surface area contributed by atoms with Gasteiger partial charge >= 0.3 is 5.97 Å². The minimum absolute atomic E-state index is 0.336. The molecule has 0 aliphatic rings. The molecule has 0 aliphatic heterocycles. The third-order valence-corrected chi connectivity index (χ3v) is 2.87. The van der Waals surface area contributed by atoms with Crippen LogP contribution in [0.1, 0.15) is 29.8 Å². The molecule has 4 heteroatoms. The van der Waals surface area contributed by atoms with Crippen molar-refractivity contribution in [1.29, 1.82) is 0 Å². The van der Waals surface area contributed by atoms with Crippen molar-refractivity contribution in [2.45, 2.75) is 26.4 Å². The van der Waals surface area contributed by atoms with E-state index in [1.165, 1.54) is 0 Å². The predicted molar refractivity (Wildman–Crippen MR) is 70.8 cm³/mol. The van der Waals surface area contributed by atoms with Crippen LogP contribution in [-0.4, -0.2) is 42.3 Å². The Labute approximate surface area is 108 Å². The van der Waals surface area contributed by atoms with Crippen molar-refractivity contribution in [2.75, 3.05) is 20.3 Å². The van der Waals surface area contributed by atoms with Gasteiger partial charge in [0.1, 0.15) is 0 Å². The molecule has 18 heavy (non-hydrogen) atoms. The number of nitrogens with zero attached hydrogens (tertiary/aromatic N) is 1. The number of carboxylic acids is 1. The first-order valence-corrected chi connectivity index (χ1v) is 6.09. The SMILES string of the molecule is COCCN(Cc1cccc(C(=O)O)c1)C(C)C. The van der Waals surface area contributed by atoms with Gasteiger partial charge in [-0.15, -0.1) is 0 Å². The van der Waals surface area contributed by atoms with Gasteiger partial charge in [-0.05, 0) is 31.5 Å². The van der Waals surface area contributed by atoms with Gasteiger partial charge in [0.25, 0.3) is 0 Å². The van der Waals surface area contributed by atoms with Crippen LogP contribution in [-0.2, 0) is 11.3 Å². The minimum atomic E-state index is -0.884. The summed E-state index contributed by atoms with van der Waals surface area (Å²) in [5.74, 6) is -0.884. The van der Waals surface area contributed by atoms with Gasteiger partial charge in [0.05, 0.1) is 12.2 Å². The molecule has 0 bridgehead atoms. The highest BCUT2D eigenvalue weighted by molar-refractivity contribution is 5.87. The van der Waals surface area contributed by atoms with Crippen molar-refractivity contribution in [3.63, 3.8) is 0 Å². The third kappa shape index (κ3) is 4.47. The summed E-state index contributed by atoms with van der Waals surface area (Å²) in [6, 6.07) is 7.47. The number of aromatic carboxylic acids is 1. The number of hydrogen-bond acceptors (Lipinski definition) is 3. The van der Waals surface area contributed by atoms with Gasteiger partial charge in [0.2, 0.25) is 0 Å². The maximum absolute atomic E-state index is 10.9. The molecule has 0 unspecified atom stereocenters. The monoisotopic (exact) mass is 251 g/mol. The van der Waals surface area contributed by atoms with Crippen LogP contribution in [0.4, 0.5) is 0 Å². The second kappa shape index (κ2) is 7.13. The Hall–Kier alpha value is -1.39. The highest BCUT2D eigenvalue weighted by Gasteiger charge is 2.11. The lowest BCUT2D eigenvalue weighted by Gasteiger charge is -2.26. The molecule has 0 aromatic heterocycles. The average molecular weight is 251 g/mol. The maximum atomic E-state index is 10.9. The van der Waals surface area contributed by atoms with Crippen molar-refractivity contribution in [3.05, 3.63) is 35.4 Å². The zero-order valence-corrected chi connectivity index (χ0v) is 11.2. The number of ether oxygens (including phenoxy) is 1. The zero-order valence-electron chi connectivity index (χ0n) is 11.2. The maximum Gasteiger partial charge on any atom is 0.335 e. The van der Waals surface area contributed by atoms with Gasteiger partial charge < -0.3 is 9.84 Å². The van der Waals surface area contributed by atoms with Crippen molar-refractivity contribution in [2.24, 2.45) is 0 Å². The molecule has 4 nitrogen and oxygen atoms in total. The van der Waals surface area contributed by atoms with Crippen LogP contribution < -0.4 is 0 Å². The predicted octanol–water partition coefficient (Wildman–Crippen LogP) is 2.24. The average Bonchev–Trinajstić information content (AvgIpc) is 2.34. The van der Waals surface area contributed by atoms with Crippen LogP contribution in [0.25, 0.3) is 0 Å². The highest BCUT2D eigenvalue weighted by Crippen LogP contribution is 2.10. The molecule has 100 valence electrons. The first-order chi connectivity index (χ1) is 8.54. The largest absolute Gasteiger partial charge is 0.478 e. The molecule has 0 fully saturated rings. The fourth-order valence-corrected chi connectivity index (χ4v) is 1.77. The zero-order chi connectivity index (χ0) is 13.5. The van der Waals surface area contributed by atoms with Gasteiger partial charge in [-0.3, -0.25) is 4.90 Å². The normalized spacial score (nSPS) is 11.2. The molecule has 0 radical (unpaired) electrons. The van der Waals surface area contributed by atoms with Gasteiger partial charge in [-0.25, -0.2) is 4.79 Å². The summed E-state index contributed by atoms with van der Waals surface area (Å²) in [4.78, 5) is 13.2. The van der Waals surface area contributed by atoms with E-state index in [9.17, 15) is 4.79 Å². The van der Waals surface area contributed by atoms with Crippen LogP contribution in [0.3, 0.4) is 0 Å². The van der Waals surface area contributed by atoms with E-state index in [0.29, 0.717) is 18.2 Å². The Morgan fingerprint density at radius 2 is 2.17 bits per heavy atom. The van der Waals surface area contributed by atoms with Crippen molar-refractivity contribution in [3.8, 4) is 0 Å².